The second-order valence-corrected chi connectivity index (χ2v) is 5.02. The van der Waals surface area contributed by atoms with E-state index in [1.807, 2.05) is 0 Å². The molecule has 0 aliphatic carbocycles. The van der Waals surface area contributed by atoms with Crippen molar-refractivity contribution in [3.63, 3.8) is 0 Å². The molecule has 1 aromatic heterocycles. The van der Waals surface area contributed by atoms with E-state index >= 15 is 0 Å². The third kappa shape index (κ3) is 3.72. The maximum absolute atomic E-state index is 12.9. The first-order chi connectivity index (χ1) is 11.6. The standard InChI is InChI=1S/C16H14FN5O2/c1-10(24-14-7-5-12(17)6-8-14)16(23)18-13-4-2-3-11(9-13)15-19-21-22-20-15/h2-10H,1H3,(H,18,23)(H,19,20,21,22)/t10-/m0/s1. The van der Waals surface area contributed by atoms with Crippen LogP contribution in [0.1, 0.15) is 6.92 Å². The summed E-state index contributed by atoms with van der Waals surface area (Å²) < 4.78 is 18.4. The van der Waals surface area contributed by atoms with Crippen LogP contribution in [0.25, 0.3) is 11.4 Å². The molecule has 8 heteroatoms. The average molecular weight is 327 g/mol. The summed E-state index contributed by atoms with van der Waals surface area (Å²) in [6, 6.07) is 12.5. The summed E-state index contributed by atoms with van der Waals surface area (Å²) in [6.45, 7) is 1.61. The molecule has 24 heavy (non-hydrogen) atoms. The number of nitrogens with zero attached hydrogens (tertiary/aromatic N) is 3. The quantitative estimate of drug-likeness (QED) is 0.751. The molecule has 1 atom stereocenters. The van der Waals surface area contributed by atoms with E-state index in [9.17, 15) is 9.18 Å². The second-order valence-electron chi connectivity index (χ2n) is 5.02. The Balaban J connectivity index is 1.66. The summed E-state index contributed by atoms with van der Waals surface area (Å²) in [5.74, 6) is 0.156. The fraction of sp³-hybridized carbons (Fsp3) is 0.125. The Morgan fingerprint density at radius 3 is 2.75 bits per heavy atom. The van der Waals surface area contributed by atoms with Crippen molar-refractivity contribution in [3.05, 3.63) is 54.3 Å². The number of anilines is 1. The topological polar surface area (TPSA) is 92.8 Å². The number of carbonyl (C=O) groups excluding carboxylic acids is 1. The molecule has 2 aromatic carbocycles. The van der Waals surface area contributed by atoms with Gasteiger partial charge in [0.15, 0.2) is 6.10 Å². The van der Waals surface area contributed by atoms with Gasteiger partial charge in [-0.1, -0.05) is 12.1 Å². The van der Waals surface area contributed by atoms with Crippen LogP contribution in [0.3, 0.4) is 0 Å². The average Bonchev–Trinajstić information content (AvgIpc) is 3.12. The monoisotopic (exact) mass is 327 g/mol. The predicted octanol–water partition coefficient (Wildman–Crippen LogP) is 2.41. The smallest absolute Gasteiger partial charge is 0.265 e. The Morgan fingerprint density at radius 1 is 1.25 bits per heavy atom. The summed E-state index contributed by atoms with van der Waals surface area (Å²) in [5, 5.41) is 16.4. The number of hydrogen-bond donors (Lipinski definition) is 2. The second kappa shape index (κ2) is 6.86. The van der Waals surface area contributed by atoms with Crippen LogP contribution in [-0.2, 0) is 4.79 Å². The predicted molar refractivity (Wildman–Crippen MR) is 84.7 cm³/mol. The molecule has 1 amide bonds. The lowest BCUT2D eigenvalue weighted by molar-refractivity contribution is -0.122. The number of nitrogens with one attached hydrogen (secondary N) is 2. The Bertz CT molecular complexity index is 821. The summed E-state index contributed by atoms with van der Waals surface area (Å²) >= 11 is 0. The van der Waals surface area contributed by atoms with E-state index < -0.39 is 6.10 Å². The fourth-order valence-corrected chi connectivity index (χ4v) is 2.03. The molecule has 0 bridgehead atoms. The number of ether oxygens (including phenoxy) is 1. The zero-order valence-corrected chi connectivity index (χ0v) is 12.7. The summed E-state index contributed by atoms with van der Waals surface area (Å²) in [6.07, 6.45) is -0.746. The van der Waals surface area contributed by atoms with Crippen molar-refractivity contribution in [2.45, 2.75) is 13.0 Å². The van der Waals surface area contributed by atoms with E-state index in [1.165, 1.54) is 24.3 Å². The molecular formula is C16H14FN5O2. The maximum Gasteiger partial charge on any atom is 0.265 e. The summed E-state index contributed by atoms with van der Waals surface area (Å²) in [5.41, 5.74) is 1.30. The van der Waals surface area contributed by atoms with E-state index in [2.05, 4.69) is 25.9 Å². The molecule has 0 aliphatic rings. The number of tetrazole rings is 1. The first kappa shape index (κ1) is 15.6. The zero-order valence-electron chi connectivity index (χ0n) is 12.7. The number of halogens is 1. The van der Waals surface area contributed by atoms with Crippen molar-refractivity contribution < 1.29 is 13.9 Å². The van der Waals surface area contributed by atoms with Crippen molar-refractivity contribution in [2.24, 2.45) is 0 Å². The van der Waals surface area contributed by atoms with Crippen LogP contribution < -0.4 is 10.1 Å². The molecule has 2 N–H and O–H groups in total. The number of aromatic amines is 1. The highest BCUT2D eigenvalue weighted by Gasteiger charge is 2.15. The molecule has 7 nitrogen and oxygen atoms in total. The van der Waals surface area contributed by atoms with Gasteiger partial charge in [-0.05, 0) is 48.5 Å². The Labute approximate surface area is 136 Å². The van der Waals surface area contributed by atoms with Crippen molar-refractivity contribution in [1.82, 2.24) is 20.6 Å². The van der Waals surface area contributed by atoms with Crippen LogP contribution in [0.15, 0.2) is 48.5 Å². The van der Waals surface area contributed by atoms with Gasteiger partial charge >= 0.3 is 0 Å². The lowest BCUT2D eigenvalue weighted by Gasteiger charge is -2.15. The Morgan fingerprint density at radius 2 is 2.04 bits per heavy atom. The highest BCUT2D eigenvalue weighted by molar-refractivity contribution is 5.94. The van der Waals surface area contributed by atoms with Crippen LogP contribution in [0.5, 0.6) is 5.75 Å². The van der Waals surface area contributed by atoms with Gasteiger partial charge < -0.3 is 10.1 Å². The molecule has 1 heterocycles. The molecule has 3 aromatic rings. The van der Waals surface area contributed by atoms with Gasteiger partial charge in [0, 0.05) is 11.3 Å². The largest absolute Gasteiger partial charge is 0.481 e. The number of H-pyrrole nitrogens is 1. The first-order valence-electron chi connectivity index (χ1n) is 7.19. The van der Waals surface area contributed by atoms with Gasteiger partial charge in [-0.2, -0.15) is 5.21 Å². The normalized spacial score (nSPS) is 11.8. The van der Waals surface area contributed by atoms with Crippen molar-refractivity contribution >= 4 is 11.6 Å². The van der Waals surface area contributed by atoms with E-state index in [1.54, 1.807) is 31.2 Å². The van der Waals surface area contributed by atoms with Gasteiger partial charge in [-0.15, -0.1) is 10.2 Å². The van der Waals surface area contributed by atoms with Crippen LogP contribution >= 0.6 is 0 Å². The van der Waals surface area contributed by atoms with Crippen LogP contribution in [-0.4, -0.2) is 32.6 Å². The Hall–Kier alpha value is -3.29. The van der Waals surface area contributed by atoms with Crippen LogP contribution in [0.2, 0.25) is 0 Å². The molecule has 122 valence electrons. The number of amides is 1. The fourth-order valence-electron chi connectivity index (χ4n) is 2.03. The third-order valence-corrected chi connectivity index (χ3v) is 3.23. The molecule has 3 rings (SSSR count). The minimum Gasteiger partial charge on any atom is -0.481 e. The molecule has 0 saturated carbocycles. The van der Waals surface area contributed by atoms with Gasteiger partial charge in [0.2, 0.25) is 5.82 Å². The molecule has 0 fully saturated rings. The van der Waals surface area contributed by atoms with E-state index in [-0.39, 0.29) is 11.7 Å². The lowest BCUT2D eigenvalue weighted by Crippen LogP contribution is -2.30. The molecule has 0 aliphatic heterocycles. The molecule has 0 unspecified atom stereocenters. The molecule has 0 radical (unpaired) electrons. The highest BCUT2D eigenvalue weighted by Crippen LogP contribution is 2.19. The van der Waals surface area contributed by atoms with Crippen LogP contribution in [0.4, 0.5) is 10.1 Å². The number of rotatable bonds is 5. The first-order valence-corrected chi connectivity index (χ1v) is 7.19. The van der Waals surface area contributed by atoms with Crippen molar-refractivity contribution in [2.75, 3.05) is 5.32 Å². The minimum atomic E-state index is -0.746. The molecule has 0 saturated heterocycles. The van der Waals surface area contributed by atoms with E-state index in [0.717, 1.165) is 0 Å². The highest BCUT2D eigenvalue weighted by atomic mass is 19.1. The lowest BCUT2D eigenvalue weighted by atomic mass is 10.2. The van der Waals surface area contributed by atoms with Crippen molar-refractivity contribution in [3.8, 4) is 17.1 Å². The summed E-state index contributed by atoms with van der Waals surface area (Å²) in [4.78, 5) is 12.2. The molecule has 0 spiro atoms. The number of benzene rings is 2. The van der Waals surface area contributed by atoms with Gasteiger partial charge in [0.25, 0.3) is 5.91 Å². The number of aromatic nitrogens is 4. The minimum absolute atomic E-state index is 0.329. The van der Waals surface area contributed by atoms with E-state index in [4.69, 9.17) is 4.74 Å². The zero-order chi connectivity index (χ0) is 16.9. The Kier molecular flexibility index (Phi) is 4.46. The van der Waals surface area contributed by atoms with Gasteiger partial charge in [-0.25, -0.2) is 4.39 Å². The molecular weight excluding hydrogens is 313 g/mol. The third-order valence-electron chi connectivity index (χ3n) is 3.23. The van der Waals surface area contributed by atoms with Gasteiger partial charge in [0.05, 0.1) is 0 Å². The number of hydrogen-bond acceptors (Lipinski definition) is 5. The SMILES string of the molecule is C[C@H](Oc1ccc(F)cc1)C(=O)Nc1cccc(-c2nn[nH]n2)c1. The van der Waals surface area contributed by atoms with Gasteiger partial charge in [-0.3, -0.25) is 4.79 Å². The van der Waals surface area contributed by atoms with Gasteiger partial charge in [0.1, 0.15) is 11.6 Å². The van der Waals surface area contributed by atoms with Crippen LogP contribution in [0, 0.1) is 5.82 Å². The number of carbonyl (C=O) groups is 1. The summed E-state index contributed by atoms with van der Waals surface area (Å²) in [7, 11) is 0. The van der Waals surface area contributed by atoms with Crippen molar-refractivity contribution in [1.29, 1.82) is 0 Å². The van der Waals surface area contributed by atoms with E-state index in [0.29, 0.717) is 22.8 Å². The maximum atomic E-state index is 12.9.